The van der Waals surface area contributed by atoms with Crippen molar-refractivity contribution in [3.63, 3.8) is 0 Å². The fourth-order valence-corrected chi connectivity index (χ4v) is 6.24. The summed E-state index contributed by atoms with van der Waals surface area (Å²) in [6.07, 6.45) is 3.43. The van der Waals surface area contributed by atoms with Crippen LogP contribution in [0.5, 0.6) is 0 Å². The number of hydrogen-bond acceptors (Lipinski definition) is 5. The summed E-state index contributed by atoms with van der Waals surface area (Å²) in [7, 11) is 0. The Kier molecular flexibility index (Phi) is 5.68. The van der Waals surface area contributed by atoms with E-state index in [0.717, 1.165) is 64.7 Å². The highest BCUT2D eigenvalue weighted by atomic mass is 32.1. The van der Waals surface area contributed by atoms with Crippen LogP contribution in [0.3, 0.4) is 0 Å². The van der Waals surface area contributed by atoms with Crippen LogP contribution in [-0.4, -0.2) is 60.0 Å². The quantitative estimate of drug-likeness (QED) is 0.425. The van der Waals surface area contributed by atoms with Gasteiger partial charge in [-0.15, -0.1) is 11.3 Å². The van der Waals surface area contributed by atoms with Crippen LogP contribution in [0.4, 0.5) is 10.1 Å². The monoisotopic (exact) mass is 476 g/mol. The van der Waals surface area contributed by atoms with Crippen LogP contribution in [0.15, 0.2) is 23.6 Å². The summed E-state index contributed by atoms with van der Waals surface area (Å²) in [5.74, 6) is 6.12. The van der Waals surface area contributed by atoms with Gasteiger partial charge in [0.1, 0.15) is 12.4 Å². The number of piperazine rings is 1. The van der Waals surface area contributed by atoms with Crippen LogP contribution in [0.25, 0.3) is 22.5 Å². The van der Waals surface area contributed by atoms with Crippen molar-refractivity contribution in [1.82, 2.24) is 15.1 Å². The Hall–Kier alpha value is -2.66. The van der Waals surface area contributed by atoms with Gasteiger partial charge in [0.15, 0.2) is 0 Å². The van der Waals surface area contributed by atoms with E-state index in [4.69, 9.17) is 4.74 Å². The van der Waals surface area contributed by atoms with Gasteiger partial charge in [-0.2, -0.15) is 5.10 Å². The zero-order chi connectivity index (χ0) is 23.2. The molecule has 0 amide bonds. The van der Waals surface area contributed by atoms with Gasteiger partial charge in [0, 0.05) is 54.2 Å². The zero-order valence-electron chi connectivity index (χ0n) is 19.7. The first-order valence-electron chi connectivity index (χ1n) is 12.1. The molecule has 0 saturated carbocycles. The van der Waals surface area contributed by atoms with E-state index in [1.54, 1.807) is 17.4 Å². The SMILES string of the molecule is CC(C)OCC#Cc1cc(-c2n[nH]c3c2Cc2cc(N4CCN5CCCC5C4)c(F)cc2-3)cs1. The standard InChI is InChI=1S/C27H29FN4OS/c1-17(2)33-10-4-6-21-11-19(16-34-21)26-23-12-18-13-25(24(28)14-22(18)27(23)30-29-26)32-9-8-31-7-3-5-20(31)15-32/h11,13-14,16-17,20H,3,5,7-10,12,15H2,1-2H3,(H,29,30). The molecule has 1 aliphatic carbocycles. The molecule has 7 heteroatoms. The molecule has 3 aliphatic rings. The van der Waals surface area contributed by atoms with Gasteiger partial charge in [-0.3, -0.25) is 10.00 Å². The maximum absolute atomic E-state index is 15.3. The predicted octanol–water partition coefficient (Wildman–Crippen LogP) is 4.91. The molecular weight excluding hydrogens is 447 g/mol. The second kappa shape index (κ2) is 8.84. The van der Waals surface area contributed by atoms with Crippen LogP contribution in [0.2, 0.25) is 0 Å². The van der Waals surface area contributed by atoms with E-state index in [0.29, 0.717) is 12.6 Å². The number of anilines is 1. The van der Waals surface area contributed by atoms with Crippen molar-refractivity contribution in [3.05, 3.63) is 45.4 Å². The minimum atomic E-state index is -0.133. The van der Waals surface area contributed by atoms with Crippen molar-refractivity contribution in [2.45, 2.75) is 45.3 Å². The highest BCUT2D eigenvalue weighted by molar-refractivity contribution is 7.11. The number of aromatic nitrogens is 2. The smallest absolute Gasteiger partial charge is 0.147 e. The summed E-state index contributed by atoms with van der Waals surface area (Å²) >= 11 is 1.61. The van der Waals surface area contributed by atoms with Crippen molar-refractivity contribution in [3.8, 4) is 34.4 Å². The molecule has 4 heterocycles. The first-order valence-corrected chi connectivity index (χ1v) is 13.0. The number of rotatable bonds is 4. The van der Waals surface area contributed by atoms with Crippen molar-refractivity contribution < 1.29 is 9.13 Å². The van der Waals surface area contributed by atoms with Crippen molar-refractivity contribution in [2.24, 2.45) is 0 Å². The van der Waals surface area contributed by atoms with E-state index in [2.05, 4.69) is 49.4 Å². The third kappa shape index (κ3) is 3.94. The van der Waals surface area contributed by atoms with Crippen molar-refractivity contribution in [2.75, 3.05) is 37.7 Å². The molecule has 5 nitrogen and oxygen atoms in total. The Morgan fingerprint density at radius 1 is 1.26 bits per heavy atom. The number of hydrogen-bond donors (Lipinski definition) is 1. The lowest BCUT2D eigenvalue weighted by molar-refractivity contribution is 0.107. The van der Waals surface area contributed by atoms with Gasteiger partial charge in [-0.05, 0) is 57.0 Å². The van der Waals surface area contributed by atoms with E-state index in [-0.39, 0.29) is 11.9 Å². The number of benzene rings is 1. The molecule has 0 spiro atoms. The summed E-state index contributed by atoms with van der Waals surface area (Å²) in [4.78, 5) is 5.80. The molecule has 1 aromatic carbocycles. The number of ether oxygens (including phenoxy) is 1. The van der Waals surface area contributed by atoms with Crippen LogP contribution in [0.1, 0.15) is 42.7 Å². The molecule has 2 aliphatic heterocycles. The number of halogens is 1. The average Bonchev–Trinajstić information content (AvgIpc) is 3.59. The molecule has 34 heavy (non-hydrogen) atoms. The van der Waals surface area contributed by atoms with Crippen LogP contribution < -0.4 is 4.90 Å². The Morgan fingerprint density at radius 3 is 3.06 bits per heavy atom. The minimum Gasteiger partial charge on any atom is -0.366 e. The summed E-state index contributed by atoms with van der Waals surface area (Å²) in [6.45, 7) is 8.48. The van der Waals surface area contributed by atoms with Gasteiger partial charge >= 0.3 is 0 Å². The molecule has 1 N–H and O–H groups in total. The first kappa shape index (κ1) is 21.8. The number of fused-ring (bicyclic) bond motifs is 4. The second-order valence-electron chi connectivity index (χ2n) is 9.70. The summed E-state index contributed by atoms with van der Waals surface area (Å²) in [5.41, 5.74) is 6.96. The molecule has 0 radical (unpaired) electrons. The highest BCUT2D eigenvalue weighted by Gasteiger charge is 2.33. The normalized spacial score (nSPS) is 19.2. The largest absolute Gasteiger partial charge is 0.366 e. The highest BCUT2D eigenvalue weighted by Crippen LogP contribution is 2.43. The molecular formula is C27H29FN4OS. The molecule has 3 aromatic rings. The zero-order valence-corrected chi connectivity index (χ0v) is 20.5. The van der Waals surface area contributed by atoms with E-state index in [1.165, 1.54) is 24.9 Å². The van der Waals surface area contributed by atoms with E-state index in [1.807, 2.05) is 13.8 Å². The van der Waals surface area contributed by atoms with Gasteiger partial charge in [0.05, 0.1) is 28.1 Å². The lowest BCUT2D eigenvalue weighted by Gasteiger charge is -2.39. The summed E-state index contributed by atoms with van der Waals surface area (Å²) < 4.78 is 20.8. The third-order valence-corrected chi connectivity index (χ3v) is 8.02. The molecule has 2 saturated heterocycles. The number of nitrogens with zero attached hydrogens (tertiary/aromatic N) is 3. The summed E-state index contributed by atoms with van der Waals surface area (Å²) in [5, 5.41) is 9.87. The Bertz CT molecular complexity index is 1280. The number of thiophene rings is 1. The van der Waals surface area contributed by atoms with Gasteiger partial charge in [0.25, 0.3) is 0 Å². The maximum atomic E-state index is 15.3. The second-order valence-corrected chi connectivity index (χ2v) is 10.6. The van der Waals surface area contributed by atoms with Gasteiger partial charge in [0.2, 0.25) is 0 Å². The number of H-pyrrole nitrogens is 1. The van der Waals surface area contributed by atoms with Crippen LogP contribution >= 0.6 is 11.3 Å². The van der Waals surface area contributed by atoms with Gasteiger partial charge < -0.3 is 9.64 Å². The Labute approximate surface area is 203 Å². The fraction of sp³-hybridized carbons (Fsp3) is 0.444. The first-order chi connectivity index (χ1) is 16.6. The number of nitrogens with one attached hydrogen (secondary N) is 1. The van der Waals surface area contributed by atoms with Gasteiger partial charge in [-0.1, -0.05) is 11.8 Å². The molecule has 1 unspecified atom stereocenters. The topological polar surface area (TPSA) is 44.4 Å². The van der Waals surface area contributed by atoms with E-state index in [9.17, 15) is 0 Å². The number of aromatic amines is 1. The van der Waals surface area contributed by atoms with Crippen molar-refractivity contribution >= 4 is 17.0 Å². The maximum Gasteiger partial charge on any atom is 0.147 e. The lowest BCUT2D eigenvalue weighted by atomic mass is 10.1. The third-order valence-electron chi connectivity index (χ3n) is 7.18. The van der Waals surface area contributed by atoms with E-state index < -0.39 is 0 Å². The van der Waals surface area contributed by atoms with Crippen molar-refractivity contribution in [1.29, 1.82) is 0 Å². The fourth-order valence-electron chi connectivity index (χ4n) is 5.48. The van der Waals surface area contributed by atoms with Crippen LogP contribution in [0, 0.1) is 17.7 Å². The molecule has 2 fully saturated rings. The van der Waals surface area contributed by atoms with E-state index >= 15 is 4.39 Å². The van der Waals surface area contributed by atoms with Gasteiger partial charge in [-0.25, -0.2) is 4.39 Å². The van der Waals surface area contributed by atoms with Crippen LogP contribution in [-0.2, 0) is 11.2 Å². The minimum absolute atomic E-state index is 0.133. The molecule has 6 rings (SSSR count). The molecule has 1 atom stereocenters. The average molecular weight is 477 g/mol. The predicted molar refractivity (Wildman–Crippen MR) is 135 cm³/mol. The summed E-state index contributed by atoms with van der Waals surface area (Å²) in [6, 6.07) is 6.43. The molecule has 0 bridgehead atoms. The lowest BCUT2D eigenvalue weighted by Crippen LogP contribution is -2.50. The molecule has 2 aromatic heterocycles. The Balaban J connectivity index is 1.23. The molecule has 176 valence electrons. The Morgan fingerprint density at radius 2 is 2.18 bits per heavy atom.